The Hall–Kier alpha value is -0.930. The van der Waals surface area contributed by atoms with E-state index in [4.69, 9.17) is 32.7 Å². The minimum atomic E-state index is -0.437. The maximum absolute atomic E-state index is 11.5. The fourth-order valence-corrected chi connectivity index (χ4v) is 1.79. The number of esters is 1. The van der Waals surface area contributed by atoms with Crippen molar-refractivity contribution in [2.75, 3.05) is 13.7 Å². The van der Waals surface area contributed by atoms with Crippen LogP contribution in [-0.2, 0) is 4.74 Å². The van der Waals surface area contributed by atoms with E-state index in [1.807, 2.05) is 6.92 Å². The molecule has 1 aromatic rings. The molecule has 0 bridgehead atoms. The zero-order valence-corrected chi connectivity index (χ0v) is 10.6. The number of hydrogen-bond donors (Lipinski definition) is 0. The van der Waals surface area contributed by atoms with Gasteiger partial charge >= 0.3 is 5.97 Å². The van der Waals surface area contributed by atoms with E-state index >= 15 is 0 Å². The normalized spacial score (nSPS) is 10.0. The van der Waals surface area contributed by atoms with Gasteiger partial charge in [-0.15, -0.1) is 0 Å². The Bertz CT molecular complexity index is 368. The number of halogens is 2. The second-order valence-corrected chi connectivity index (χ2v) is 3.92. The number of methoxy groups -OCH3 is 1. The molecule has 0 heterocycles. The Morgan fingerprint density at radius 2 is 1.88 bits per heavy atom. The van der Waals surface area contributed by atoms with Gasteiger partial charge in [0.05, 0.1) is 29.3 Å². The van der Waals surface area contributed by atoms with Crippen LogP contribution in [0.2, 0.25) is 10.0 Å². The highest BCUT2D eigenvalue weighted by Gasteiger charge is 2.14. The summed E-state index contributed by atoms with van der Waals surface area (Å²) >= 11 is 11.8. The maximum Gasteiger partial charge on any atom is 0.338 e. The lowest BCUT2D eigenvalue weighted by Crippen LogP contribution is -2.06. The minimum absolute atomic E-state index is 0.290. The lowest BCUT2D eigenvalue weighted by molar-refractivity contribution is 0.0505. The summed E-state index contributed by atoms with van der Waals surface area (Å²) in [7, 11) is 1.46. The molecule has 0 N–H and O–H groups in total. The van der Waals surface area contributed by atoms with Crippen LogP contribution >= 0.6 is 23.2 Å². The molecule has 5 heteroatoms. The monoisotopic (exact) mass is 262 g/mol. The van der Waals surface area contributed by atoms with Gasteiger partial charge < -0.3 is 9.47 Å². The van der Waals surface area contributed by atoms with Gasteiger partial charge in [-0.3, -0.25) is 0 Å². The number of carbonyl (C=O) groups excluding carboxylic acids is 1. The SMILES string of the molecule is CCCOC(=O)c1cc(Cl)c(OC)c(Cl)c1. The molecule has 0 saturated carbocycles. The summed E-state index contributed by atoms with van der Waals surface area (Å²) in [5.74, 6) is -0.0799. The molecule has 88 valence electrons. The highest BCUT2D eigenvalue weighted by molar-refractivity contribution is 6.37. The van der Waals surface area contributed by atoms with Gasteiger partial charge in [0, 0.05) is 0 Å². The lowest BCUT2D eigenvalue weighted by atomic mass is 10.2. The maximum atomic E-state index is 11.5. The number of benzene rings is 1. The molecule has 0 unspecified atom stereocenters. The molecular formula is C11H12Cl2O3. The summed E-state index contributed by atoms with van der Waals surface area (Å²) in [5, 5.41) is 0.580. The average molecular weight is 263 g/mol. The summed E-state index contributed by atoms with van der Waals surface area (Å²) in [6.07, 6.45) is 0.767. The predicted octanol–water partition coefficient (Wildman–Crippen LogP) is 3.57. The fraction of sp³-hybridized carbons (Fsp3) is 0.364. The van der Waals surface area contributed by atoms with Crippen molar-refractivity contribution in [3.05, 3.63) is 27.7 Å². The van der Waals surface area contributed by atoms with E-state index < -0.39 is 5.97 Å². The van der Waals surface area contributed by atoms with Crippen molar-refractivity contribution in [1.82, 2.24) is 0 Å². The second kappa shape index (κ2) is 5.97. The van der Waals surface area contributed by atoms with Crippen molar-refractivity contribution in [2.24, 2.45) is 0 Å². The molecule has 0 aliphatic carbocycles. The van der Waals surface area contributed by atoms with Crippen molar-refractivity contribution in [1.29, 1.82) is 0 Å². The first kappa shape index (κ1) is 13.1. The van der Waals surface area contributed by atoms with Crippen LogP contribution in [0.4, 0.5) is 0 Å². The Morgan fingerprint density at radius 1 is 1.31 bits per heavy atom. The third-order valence-electron chi connectivity index (χ3n) is 1.88. The van der Waals surface area contributed by atoms with E-state index in [-0.39, 0.29) is 0 Å². The molecular weight excluding hydrogens is 251 g/mol. The van der Waals surface area contributed by atoms with Crippen molar-refractivity contribution >= 4 is 29.2 Å². The van der Waals surface area contributed by atoms with E-state index in [0.29, 0.717) is 28.0 Å². The Balaban J connectivity index is 2.95. The fourth-order valence-electron chi connectivity index (χ4n) is 1.15. The van der Waals surface area contributed by atoms with E-state index in [9.17, 15) is 4.79 Å². The molecule has 0 amide bonds. The molecule has 0 radical (unpaired) electrons. The molecule has 0 atom stereocenters. The lowest BCUT2D eigenvalue weighted by Gasteiger charge is -2.08. The van der Waals surface area contributed by atoms with E-state index in [2.05, 4.69) is 0 Å². The van der Waals surface area contributed by atoms with Crippen LogP contribution in [0.5, 0.6) is 5.75 Å². The van der Waals surface area contributed by atoms with Crippen LogP contribution < -0.4 is 4.74 Å². The molecule has 0 fully saturated rings. The zero-order chi connectivity index (χ0) is 12.1. The first-order valence-electron chi connectivity index (χ1n) is 4.80. The first-order chi connectivity index (χ1) is 7.60. The Labute approximate surface area is 104 Å². The molecule has 0 aromatic heterocycles. The zero-order valence-electron chi connectivity index (χ0n) is 9.05. The number of ether oxygens (including phenoxy) is 2. The summed E-state index contributed by atoms with van der Waals surface area (Å²) in [4.78, 5) is 11.5. The summed E-state index contributed by atoms with van der Waals surface area (Å²) in [6.45, 7) is 2.29. The van der Waals surface area contributed by atoms with Crippen LogP contribution in [0, 0.1) is 0 Å². The minimum Gasteiger partial charge on any atom is -0.494 e. The Morgan fingerprint density at radius 3 is 2.31 bits per heavy atom. The van der Waals surface area contributed by atoms with Crippen LogP contribution in [0.1, 0.15) is 23.7 Å². The van der Waals surface area contributed by atoms with Crippen molar-refractivity contribution in [3.8, 4) is 5.75 Å². The number of carbonyl (C=O) groups is 1. The molecule has 0 saturated heterocycles. The van der Waals surface area contributed by atoms with E-state index in [1.165, 1.54) is 19.2 Å². The largest absolute Gasteiger partial charge is 0.494 e. The van der Waals surface area contributed by atoms with Gasteiger partial charge in [0.25, 0.3) is 0 Å². The predicted molar refractivity (Wildman–Crippen MR) is 63.6 cm³/mol. The molecule has 1 rings (SSSR count). The quantitative estimate of drug-likeness (QED) is 0.779. The molecule has 3 nitrogen and oxygen atoms in total. The average Bonchev–Trinajstić information content (AvgIpc) is 2.25. The second-order valence-electron chi connectivity index (χ2n) is 3.11. The van der Waals surface area contributed by atoms with Gasteiger partial charge in [-0.2, -0.15) is 0 Å². The number of hydrogen-bond acceptors (Lipinski definition) is 3. The van der Waals surface area contributed by atoms with Gasteiger partial charge in [-0.05, 0) is 18.6 Å². The summed E-state index contributed by atoms with van der Waals surface area (Å²) in [5.41, 5.74) is 0.323. The molecule has 0 aliphatic rings. The van der Waals surface area contributed by atoms with Crippen molar-refractivity contribution in [2.45, 2.75) is 13.3 Å². The van der Waals surface area contributed by atoms with Crippen molar-refractivity contribution < 1.29 is 14.3 Å². The van der Waals surface area contributed by atoms with Crippen LogP contribution in [0.25, 0.3) is 0 Å². The van der Waals surface area contributed by atoms with E-state index in [1.54, 1.807) is 0 Å². The van der Waals surface area contributed by atoms with Gasteiger partial charge in [0.1, 0.15) is 0 Å². The molecule has 16 heavy (non-hydrogen) atoms. The van der Waals surface area contributed by atoms with Crippen LogP contribution in [0.15, 0.2) is 12.1 Å². The van der Waals surface area contributed by atoms with Crippen LogP contribution in [-0.4, -0.2) is 19.7 Å². The van der Waals surface area contributed by atoms with Crippen LogP contribution in [0.3, 0.4) is 0 Å². The van der Waals surface area contributed by atoms with Gasteiger partial charge in [0.15, 0.2) is 5.75 Å². The molecule has 1 aromatic carbocycles. The highest BCUT2D eigenvalue weighted by Crippen LogP contribution is 2.33. The van der Waals surface area contributed by atoms with Gasteiger partial charge in [-0.1, -0.05) is 30.1 Å². The van der Waals surface area contributed by atoms with Gasteiger partial charge in [0.2, 0.25) is 0 Å². The third kappa shape index (κ3) is 3.03. The smallest absolute Gasteiger partial charge is 0.338 e. The number of rotatable bonds is 4. The first-order valence-corrected chi connectivity index (χ1v) is 5.55. The third-order valence-corrected chi connectivity index (χ3v) is 2.44. The summed E-state index contributed by atoms with van der Waals surface area (Å²) < 4.78 is 9.94. The highest BCUT2D eigenvalue weighted by atomic mass is 35.5. The van der Waals surface area contributed by atoms with Gasteiger partial charge in [-0.25, -0.2) is 4.79 Å². The molecule has 0 spiro atoms. The summed E-state index contributed by atoms with van der Waals surface area (Å²) in [6, 6.07) is 2.95. The molecule has 0 aliphatic heterocycles. The topological polar surface area (TPSA) is 35.5 Å². The standard InChI is InChI=1S/C11H12Cl2O3/c1-3-4-16-11(14)7-5-8(12)10(15-2)9(13)6-7/h5-6H,3-4H2,1-2H3. The Kier molecular flexibility index (Phi) is 4.90. The van der Waals surface area contributed by atoms with Crippen molar-refractivity contribution in [3.63, 3.8) is 0 Å². The van der Waals surface area contributed by atoms with E-state index in [0.717, 1.165) is 6.42 Å².